The molecule has 0 amide bonds. The van der Waals surface area contributed by atoms with Crippen LogP contribution in [0.5, 0.6) is 0 Å². The second-order valence-electron chi connectivity index (χ2n) is 4.03. The van der Waals surface area contributed by atoms with Crippen LogP contribution in [0.2, 0.25) is 5.02 Å². The van der Waals surface area contributed by atoms with Gasteiger partial charge in [0.2, 0.25) is 0 Å². The van der Waals surface area contributed by atoms with Crippen molar-refractivity contribution in [2.24, 2.45) is 0 Å². The summed E-state index contributed by atoms with van der Waals surface area (Å²) < 4.78 is 0. The average Bonchev–Trinajstić information content (AvgIpc) is 2.46. The van der Waals surface area contributed by atoms with Gasteiger partial charge in [-0.1, -0.05) is 35.9 Å². The predicted octanol–water partition coefficient (Wildman–Crippen LogP) is 4.72. The van der Waals surface area contributed by atoms with Crippen LogP contribution in [0.15, 0.2) is 47.4 Å². The Morgan fingerprint density at radius 3 is 2.32 bits per heavy atom. The lowest BCUT2D eigenvalue weighted by Crippen LogP contribution is -2.01. The lowest BCUT2D eigenvalue weighted by molar-refractivity contribution is 0.103. The quantitative estimate of drug-likeness (QED) is 0.500. The van der Waals surface area contributed by atoms with Crippen molar-refractivity contribution in [3.63, 3.8) is 0 Å². The second-order valence-corrected chi connectivity index (χ2v) is 5.60. The highest BCUT2D eigenvalue weighted by Gasteiger charge is 2.10. The number of thiol groups is 1. The molecule has 0 aliphatic heterocycles. The molecule has 0 heterocycles. The van der Waals surface area contributed by atoms with Crippen molar-refractivity contribution in [1.82, 2.24) is 0 Å². The number of hydrogen-bond acceptors (Lipinski definition) is 3. The van der Waals surface area contributed by atoms with Crippen molar-refractivity contribution in [3.8, 4) is 0 Å². The normalized spacial score (nSPS) is 10.5. The first-order chi connectivity index (χ1) is 9.15. The van der Waals surface area contributed by atoms with Gasteiger partial charge in [-0.2, -0.15) is 12.6 Å². The molecule has 0 fully saturated rings. The van der Waals surface area contributed by atoms with E-state index in [1.54, 1.807) is 17.8 Å². The zero-order valence-corrected chi connectivity index (χ0v) is 12.9. The van der Waals surface area contributed by atoms with Crippen molar-refractivity contribution in [1.29, 1.82) is 0 Å². The van der Waals surface area contributed by atoms with Gasteiger partial charge in [0.05, 0.1) is 5.02 Å². The summed E-state index contributed by atoms with van der Waals surface area (Å²) in [7, 11) is 0. The third-order valence-corrected chi connectivity index (χ3v) is 4.40. The molecule has 19 heavy (non-hydrogen) atoms. The Hall–Kier alpha value is -0.900. The number of ketones is 1. The van der Waals surface area contributed by atoms with E-state index in [2.05, 4.69) is 12.6 Å². The number of rotatable bonds is 4. The maximum absolute atomic E-state index is 12.3. The Kier molecular flexibility index (Phi) is 4.97. The van der Waals surface area contributed by atoms with Crippen LogP contribution < -0.4 is 0 Å². The first-order valence-electron chi connectivity index (χ1n) is 5.73. The van der Waals surface area contributed by atoms with E-state index in [9.17, 15) is 4.79 Å². The molecule has 2 rings (SSSR count). The van der Waals surface area contributed by atoms with Gasteiger partial charge in [0.15, 0.2) is 5.78 Å². The lowest BCUT2D eigenvalue weighted by atomic mass is 10.0. The topological polar surface area (TPSA) is 17.1 Å². The van der Waals surface area contributed by atoms with Gasteiger partial charge in [0, 0.05) is 21.8 Å². The summed E-state index contributed by atoms with van der Waals surface area (Å²) in [5.41, 5.74) is 2.37. The summed E-state index contributed by atoms with van der Waals surface area (Å²) in [6.07, 6.45) is 1.96. The zero-order chi connectivity index (χ0) is 13.8. The number of benzene rings is 2. The number of carbonyl (C=O) groups is 1. The minimum Gasteiger partial charge on any atom is -0.289 e. The zero-order valence-electron chi connectivity index (χ0n) is 10.4. The highest BCUT2D eigenvalue weighted by Crippen LogP contribution is 2.27. The maximum atomic E-state index is 12.3. The molecule has 0 aromatic heterocycles. The van der Waals surface area contributed by atoms with Gasteiger partial charge in [0.1, 0.15) is 0 Å². The van der Waals surface area contributed by atoms with Gasteiger partial charge in [-0.25, -0.2) is 0 Å². The molecule has 0 atom stereocenters. The lowest BCUT2D eigenvalue weighted by Gasteiger charge is -2.05. The van der Waals surface area contributed by atoms with Crippen molar-refractivity contribution >= 4 is 41.8 Å². The summed E-state index contributed by atoms with van der Waals surface area (Å²) in [6, 6.07) is 12.9. The average molecular weight is 309 g/mol. The van der Waals surface area contributed by atoms with Crippen LogP contribution in [-0.2, 0) is 5.75 Å². The predicted molar refractivity (Wildman–Crippen MR) is 85.8 cm³/mol. The van der Waals surface area contributed by atoms with Crippen LogP contribution in [0.4, 0.5) is 0 Å². The van der Waals surface area contributed by atoms with Crippen molar-refractivity contribution < 1.29 is 4.79 Å². The highest BCUT2D eigenvalue weighted by molar-refractivity contribution is 7.98. The Balaban J connectivity index is 2.30. The third-order valence-electron chi connectivity index (χ3n) is 2.81. The van der Waals surface area contributed by atoms with Gasteiger partial charge in [-0.15, -0.1) is 11.8 Å². The Morgan fingerprint density at radius 1 is 1.16 bits per heavy atom. The first kappa shape index (κ1) is 14.5. The van der Waals surface area contributed by atoms with Crippen LogP contribution >= 0.6 is 36.0 Å². The van der Waals surface area contributed by atoms with E-state index in [1.807, 2.05) is 42.7 Å². The van der Waals surface area contributed by atoms with E-state index in [0.717, 1.165) is 10.5 Å². The molecule has 2 aromatic rings. The standard InChI is InChI=1S/C15H13ClOS2/c1-19-14-7-6-12(8-13(14)16)15(17)11-4-2-10(9-18)3-5-11/h2-8,18H,9H2,1H3. The first-order valence-corrected chi connectivity index (χ1v) is 7.97. The molecule has 0 aliphatic carbocycles. The smallest absolute Gasteiger partial charge is 0.193 e. The fraction of sp³-hybridized carbons (Fsp3) is 0.133. The third kappa shape index (κ3) is 3.35. The molecule has 0 saturated heterocycles. The van der Waals surface area contributed by atoms with E-state index in [1.165, 1.54) is 0 Å². The van der Waals surface area contributed by atoms with Gasteiger partial charge >= 0.3 is 0 Å². The van der Waals surface area contributed by atoms with Gasteiger partial charge < -0.3 is 0 Å². The Morgan fingerprint density at radius 2 is 1.79 bits per heavy atom. The summed E-state index contributed by atoms with van der Waals surface area (Å²) in [5.74, 6) is 0.656. The molecule has 0 N–H and O–H groups in total. The summed E-state index contributed by atoms with van der Waals surface area (Å²) >= 11 is 11.9. The molecule has 0 saturated carbocycles. The minimum atomic E-state index is -0.0136. The van der Waals surface area contributed by atoms with Crippen LogP contribution in [0.25, 0.3) is 0 Å². The number of thioether (sulfide) groups is 1. The minimum absolute atomic E-state index is 0.0136. The largest absolute Gasteiger partial charge is 0.289 e. The van der Waals surface area contributed by atoms with Gasteiger partial charge in [-0.3, -0.25) is 4.79 Å². The molecule has 98 valence electrons. The van der Waals surface area contributed by atoms with Crippen LogP contribution in [0, 0.1) is 0 Å². The van der Waals surface area contributed by atoms with Crippen molar-refractivity contribution in [3.05, 3.63) is 64.2 Å². The molecule has 1 nitrogen and oxygen atoms in total. The van der Waals surface area contributed by atoms with Crippen molar-refractivity contribution in [2.75, 3.05) is 6.26 Å². The Labute approximate surface area is 127 Å². The molecule has 4 heteroatoms. The van der Waals surface area contributed by atoms with Gasteiger partial charge in [0.25, 0.3) is 0 Å². The van der Waals surface area contributed by atoms with Crippen LogP contribution in [0.3, 0.4) is 0 Å². The molecule has 0 unspecified atom stereocenters. The number of halogens is 1. The molecule has 0 spiro atoms. The maximum Gasteiger partial charge on any atom is 0.193 e. The van der Waals surface area contributed by atoms with Crippen molar-refractivity contribution in [2.45, 2.75) is 10.6 Å². The Bertz CT molecular complexity index is 594. The molecular weight excluding hydrogens is 296 g/mol. The summed E-state index contributed by atoms with van der Waals surface area (Å²) in [4.78, 5) is 13.3. The molecule has 0 aliphatic rings. The van der Waals surface area contributed by atoms with Gasteiger partial charge in [-0.05, 0) is 30.0 Å². The fourth-order valence-electron chi connectivity index (χ4n) is 1.74. The molecule has 0 bridgehead atoms. The van der Waals surface area contributed by atoms with Crippen LogP contribution in [-0.4, -0.2) is 12.0 Å². The SMILES string of the molecule is CSc1ccc(C(=O)c2ccc(CS)cc2)cc1Cl. The monoisotopic (exact) mass is 308 g/mol. The van der Waals surface area contributed by atoms with E-state index in [-0.39, 0.29) is 5.78 Å². The molecule has 2 aromatic carbocycles. The fourth-order valence-corrected chi connectivity index (χ4v) is 2.82. The van der Waals surface area contributed by atoms with E-state index in [0.29, 0.717) is 21.9 Å². The molecule has 0 radical (unpaired) electrons. The van der Waals surface area contributed by atoms with E-state index in [4.69, 9.17) is 11.6 Å². The summed E-state index contributed by atoms with van der Waals surface area (Å²) in [5, 5.41) is 0.616. The number of hydrogen-bond donors (Lipinski definition) is 1. The van der Waals surface area contributed by atoms with E-state index >= 15 is 0 Å². The summed E-state index contributed by atoms with van der Waals surface area (Å²) in [6.45, 7) is 0. The number of carbonyl (C=O) groups excluding carboxylic acids is 1. The molecular formula is C15H13ClOS2. The van der Waals surface area contributed by atoms with Crippen LogP contribution in [0.1, 0.15) is 21.5 Å². The highest BCUT2D eigenvalue weighted by atomic mass is 35.5. The second kappa shape index (κ2) is 6.51. The van der Waals surface area contributed by atoms with E-state index < -0.39 is 0 Å².